The van der Waals surface area contributed by atoms with Gasteiger partial charge in [0.05, 0.1) is 0 Å². The van der Waals surface area contributed by atoms with Crippen LogP contribution in [0.1, 0.15) is 0 Å². The number of ether oxygens (including phenoxy) is 1. The third kappa shape index (κ3) is 1.82. The van der Waals surface area contributed by atoms with Crippen molar-refractivity contribution in [2.24, 2.45) is 0 Å². The molecule has 7 heteroatoms. The summed E-state index contributed by atoms with van der Waals surface area (Å²) < 4.78 is 57.9. The van der Waals surface area contributed by atoms with Crippen LogP contribution in [0.5, 0.6) is 0 Å². The molecular formula is C3F5O2. The van der Waals surface area contributed by atoms with E-state index in [9.17, 15) is 22.0 Å². The van der Waals surface area contributed by atoms with Crippen LogP contribution < -0.4 is 0 Å². The second-order valence-electron chi connectivity index (χ2n) is 1.20. The lowest BCUT2D eigenvalue weighted by atomic mass is 10.6. The van der Waals surface area contributed by atoms with Crippen LogP contribution >= 0.6 is 0 Å². The molecule has 0 saturated carbocycles. The van der Waals surface area contributed by atoms with E-state index in [0.29, 0.717) is 0 Å². The average molecular weight is 163 g/mol. The molecule has 0 aromatic rings. The normalized spacial score (nSPS) is 12.9. The number of hydrogen-bond donors (Lipinski definition) is 0. The maximum absolute atomic E-state index is 11.3. The highest BCUT2D eigenvalue weighted by atomic mass is 19.4. The van der Waals surface area contributed by atoms with E-state index >= 15 is 0 Å². The van der Waals surface area contributed by atoms with Gasteiger partial charge in [0.1, 0.15) is 0 Å². The molecule has 0 N–H and O–H groups in total. The summed E-state index contributed by atoms with van der Waals surface area (Å²) in [7, 11) is 0. The third-order valence-corrected chi connectivity index (χ3v) is 0.500. The Balaban J connectivity index is 4.23. The number of hydrogen-bond acceptors (Lipinski definition) is 2. The lowest BCUT2D eigenvalue weighted by molar-refractivity contribution is -0.366. The molecule has 0 atom stereocenters. The first-order valence-corrected chi connectivity index (χ1v) is 1.81. The minimum absolute atomic E-state index is 0.00549. The minimum atomic E-state index is -5.87. The number of alkyl halides is 5. The summed E-state index contributed by atoms with van der Waals surface area (Å²) >= 11 is 0. The van der Waals surface area contributed by atoms with Gasteiger partial charge in [-0.15, -0.1) is 0 Å². The van der Waals surface area contributed by atoms with E-state index in [-0.39, 0.29) is 6.47 Å². The lowest BCUT2D eigenvalue weighted by Crippen LogP contribution is -2.38. The minimum Gasteiger partial charge on any atom is -0.385 e. The van der Waals surface area contributed by atoms with E-state index in [4.69, 9.17) is 4.79 Å². The van der Waals surface area contributed by atoms with Gasteiger partial charge >= 0.3 is 18.8 Å². The van der Waals surface area contributed by atoms with E-state index in [1.54, 1.807) is 0 Å². The summed E-state index contributed by atoms with van der Waals surface area (Å²) in [5.41, 5.74) is 0. The molecule has 0 bridgehead atoms. The van der Waals surface area contributed by atoms with Crippen molar-refractivity contribution >= 4 is 6.47 Å². The summed E-state index contributed by atoms with van der Waals surface area (Å²) in [6, 6.07) is 0. The van der Waals surface area contributed by atoms with Gasteiger partial charge in [0, 0.05) is 0 Å². The van der Waals surface area contributed by atoms with E-state index in [1.165, 1.54) is 0 Å². The first kappa shape index (κ1) is 9.12. The zero-order chi connectivity index (χ0) is 8.41. The quantitative estimate of drug-likeness (QED) is 0.572. The Morgan fingerprint density at radius 1 is 1.10 bits per heavy atom. The zero-order valence-corrected chi connectivity index (χ0v) is 4.21. The van der Waals surface area contributed by atoms with Gasteiger partial charge in [-0.1, -0.05) is 0 Å². The molecule has 0 saturated heterocycles. The van der Waals surface area contributed by atoms with Gasteiger partial charge in [-0.25, -0.2) is 4.79 Å². The molecule has 0 fully saturated rings. The Labute approximate surface area is 51.6 Å². The monoisotopic (exact) mass is 163 g/mol. The Morgan fingerprint density at radius 2 is 1.50 bits per heavy atom. The van der Waals surface area contributed by atoms with Crippen LogP contribution in [0.2, 0.25) is 0 Å². The maximum Gasteiger partial charge on any atom is 0.501 e. The molecule has 1 radical (unpaired) electrons. The SMILES string of the molecule is O=[C]OC(F)(F)C(F)(F)F. The summed E-state index contributed by atoms with van der Waals surface area (Å²) in [5, 5.41) is 0. The topological polar surface area (TPSA) is 26.3 Å². The summed E-state index contributed by atoms with van der Waals surface area (Å²) in [4.78, 5) is 8.94. The Hall–Kier alpha value is -0.880. The predicted octanol–water partition coefficient (Wildman–Crippen LogP) is 1.23. The van der Waals surface area contributed by atoms with Crippen LogP contribution in [0.4, 0.5) is 22.0 Å². The molecule has 10 heavy (non-hydrogen) atoms. The molecule has 0 aromatic heterocycles. The van der Waals surface area contributed by atoms with Crippen molar-refractivity contribution in [1.29, 1.82) is 0 Å². The molecule has 59 valence electrons. The van der Waals surface area contributed by atoms with Crippen molar-refractivity contribution in [3.63, 3.8) is 0 Å². The average Bonchev–Trinajstić information content (AvgIpc) is 1.61. The van der Waals surface area contributed by atoms with Gasteiger partial charge in [-0.2, -0.15) is 22.0 Å². The van der Waals surface area contributed by atoms with Crippen molar-refractivity contribution < 1.29 is 31.5 Å². The highest BCUT2D eigenvalue weighted by Gasteiger charge is 2.61. The third-order valence-electron chi connectivity index (χ3n) is 0.500. The summed E-state index contributed by atoms with van der Waals surface area (Å²) in [6.07, 6.45) is -11.3. The lowest BCUT2D eigenvalue weighted by Gasteiger charge is -2.14. The first-order valence-electron chi connectivity index (χ1n) is 1.81. The van der Waals surface area contributed by atoms with Crippen molar-refractivity contribution in [2.45, 2.75) is 12.3 Å². The predicted molar refractivity (Wildman–Crippen MR) is 17.8 cm³/mol. The van der Waals surface area contributed by atoms with Gasteiger partial charge in [-0.05, 0) is 0 Å². The van der Waals surface area contributed by atoms with E-state index in [2.05, 4.69) is 4.74 Å². The van der Waals surface area contributed by atoms with Gasteiger partial charge in [0.2, 0.25) is 0 Å². The summed E-state index contributed by atoms with van der Waals surface area (Å²) in [5.74, 6) is 0. The second-order valence-corrected chi connectivity index (χ2v) is 1.20. The standard InChI is InChI=1S/C3F5O2/c4-2(5,6)3(7,8)10-1-9. The number of carbonyl (C=O) groups excluding carboxylic acids is 1. The van der Waals surface area contributed by atoms with E-state index in [1.807, 2.05) is 0 Å². The van der Waals surface area contributed by atoms with Crippen LogP contribution in [0, 0.1) is 0 Å². The molecule has 0 rings (SSSR count). The highest BCUT2D eigenvalue weighted by Crippen LogP contribution is 2.35. The van der Waals surface area contributed by atoms with Gasteiger partial charge in [0.25, 0.3) is 0 Å². The molecule has 0 aliphatic heterocycles. The molecule has 0 aliphatic rings. The largest absolute Gasteiger partial charge is 0.501 e. The van der Waals surface area contributed by atoms with Crippen molar-refractivity contribution in [3.05, 3.63) is 0 Å². The molecule has 0 aromatic carbocycles. The smallest absolute Gasteiger partial charge is 0.385 e. The van der Waals surface area contributed by atoms with Crippen molar-refractivity contribution in [2.75, 3.05) is 0 Å². The van der Waals surface area contributed by atoms with Crippen molar-refractivity contribution in [1.82, 2.24) is 0 Å². The van der Waals surface area contributed by atoms with Crippen LogP contribution in [0.25, 0.3) is 0 Å². The number of halogens is 5. The van der Waals surface area contributed by atoms with Crippen LogP contribution in [0.15, 0.2) is 0 Å². The molecule has 0 heterocycles. The van der Waals surface area contributed by atoms with Gasteiger partial charge in [0.15, 0.2) is 0 Å². The Kier molecular flexibility index (Phi) is 2.18. The first-order chi connectivity index (χ1) is 4.31. The molecule has 0 amide bonds. The molecule has 0 spiro atoms. The van der Waals surface area contributed by atoms with Gasteiger partial charge < -0.3 is 4.74 Å². The molecule has 0 unspecified atom stereocenters. The molecular weight excluding hydrogens is 163 g/mol. The van der Waals surface area contributed by atoms with E-state index in [0.717, 1.165) is 0 Å². The Bertz CT molecular complexity index is 127. The summed E-state index contributed by atoms with van der Waals surface area (Å²) in [6.45, 7) is -0.00549. The number of rotatable bonds is 2. The highest BCUT2D eigenvalue weighted by molar-refractivity contribution is 5.38. The van der Waals surface area contributed by atoms with Gasteiger partial charge in [-0.3, -0.25) is 0 Å². The fraction of sp³-hybridized carbons (Fsp3) is 0.667. The fourth-order valence-electron chi connectivity index (χ4n) is 0.110. The Morgan fingerprint density at radius 3 is 1.60 bits per heavy atom. The zero-order valence-electron chi connectivity index (χ0n) is 4.21. The molecule has 0 aliphatic carbocycles. The maximum atomic E-state index is 11.3. The van der Waals surface area contributed by atoms with Crippen LogP contribution in [0.3, 0.4) is 0 Å². The second kappa shape index (κ2) is 2.39. The van der Waals surface area contributed by atoms with E-state index < -0.39 is 12.3 Å². The molecule has 2 nitrogen and oxygen atoms in total. The van der Waals surface area contributed by atoms with Crippen molar-refractivity contribution in [3.8, 4) is 0 Å². The van der Waals surface area contributed by atoms with Crippen LogP contribution in [-0.4, -0.2) is 18.8 Å². The van der Waals surface area contributed by atoms with Crippen LogP contribution in [-0.2, 0) is 9.53 Å². The fourth-order valence-corrected chi connectivity index (χ4v) is 0.110.